The van der Waals surface area contributed by atoms with Crippen LogP contribution in [-0.2, 0) is 0 Å². The minimum Gasteiger partial charge on any atom is -0.313 e. The molecule has 0 aromatic carbocycles. The molecule has 1 aliphatic rings. The van der Waals surface area contributed by atoms with E-state index in [0.717, 1.165) is 24.4 Å². The van der Waals surface area contributed by atoms with Crippen molar-refractivity contribution in [3.05, 3.63) is 0 Å². The van der Waals surface area contributed by atoms with Crippen molar-refractivity contribution in [2.45, 2.75) is 39.8 Å². The molecule has 0 saturated carbocycles. The van der Waals surface area contributed by atoms with E-state index in [1.807, 2.05) is 0 Å². The lowest BCUT2D eigenvalue weighted by Gasteiger charge is -2.23. The zero-order valence-corrected chi connectivity index (χ0v) is 12.5. The molecule has 1 N–H and O–H groups in total. The zero-order chi connectivity index (χ0) is 13.0. The van der Waals surface area contributed by atoms with Gasteiger partial charge in [-0.05, 0) is 32.9 Å². The molecule has 3 unspecified atom stereocenters. The average Bonchev–Trinajstić information content (AvgIpc) is 2.59. The van der Waals surface area contributed by atoms with Gasteiger partial charge in [0.2, 0.25) is 0 Å². The minimum atomic E-state index is 0.625. The van der Waals surface area contributed by atoms with Crippen molar-refractivity contribution < 1.29 is 0 Å². The van der Waals surface area contributed by atoms with Crippen molar-refractivity contribution in [3.63, 3.8) is 0 Å². The summed E-state index contributed by atoms with van der Waals surface area (Å²) in [6.07, 6.45) is 0. The summed E-state index contributed by atoms with van der Waals surface area (Å²) in [7, 11) is 4.40. The molecule has 0 spiro atoms. The van der Waals surface area contributed by atoms with E-state index in [2.05, 4.69) is 56.9 Å². The summed E-state index contributed by atoms with van der Waals surface area (Å²) in [5.41, 5.74) is 0. The third kappa shape index (κ3) is 4.57. The van der Waals surface area contributed by atoms with Crippen LogP contribution in [0.3, 0.4) is 0 Å². The SMILES string of the molecule is CC(C)C(C)NCCN1CC(C)C(N(C)C)C1. The maximum atomic E-state index is 3.61. The Hall–Kier alpha value is -0.120. The Morgan fingerprint density at radius 3 is 2.35 bits per heavy atom. The molecule has 1 heterocycles. The molecule has 102 valence electrons. The number of likely N-dealkylation sites (N-methyl/N-ethyl adjacent to an activating group) is 1. The van der Waals surface area contributed by atoms with E-state index in [1.54, 1.807) is 0 Å². The number of likely N-dealkylation sites (tertiary alicyclic amines) is 1. The van der Waals surface area contributed by atoms with Gasteiger partial charge in [-0.1, -0.05) is 20.8 Å². The van der Waals surface area contributed by atoms with Gasteiger partial charge in [0, 0.05) is 38.3 Å². The van der Waals surface area contributed by atoms with Crippen molar-refractivity contribution in [1.82, 2.24) is 15.1 Å². The number of nitrogens with zero attached hydrogens (tertiary/aromatic N) is 2. The monoisotopic (exact) mass is 241 g/mol. The van der Waals surface area contributed by atoms with E-state index < -0.39 is 0 Å². The molecule has 3 heteroatoms. The van der Waals surface area contributed by atoms with Crippen LogP contribution < -0.4 is 5.32 Å². The van der Waals surface area contributed by atoms with Crippen LogP contribution in [0.25, 0.3) is 0 Å². The fourth-order valence-corrected chi connectivity index (χ4v) is 2.59. The highest BCUT2D eigenvalue weighted by Crippen LogP contribution is 2.19. The van der Waals surface area contributed by atoms with E-state index in [4.69, 9.17) is 0 Å². The van der Waals surface area contributed by atoms with E-state index in [0.29, 0.717) is 6.04 Å². The number of hydrogen-bond acceptors (Lipinski definition) is 3. The first kappa shape index (κ1) is 14.9. The minimum absolute atomic E-state index is 0.625. The lowest BCUT2D eigenvalue weighted by Crippen LogP contribution is -2.38. The molecule has 3 atom stereocenters. The molecule has 0 aliphatic carbocycles. The molecule has 1 aliphatic heterocycles. The van der Waals surface area contributed by atoms with Gasteiger partial charge in [-0.25, -0.2) is 0 Å². The van der Waals surface area contributed by atoms with E-state index in [1.165, 1.54) is 19.6 Å². The lowest BCUT2D eigenvalue weighted by molar-refractivity contribution is 0.250. The van der Waals surface area contributed by atoms with Crippen LogP contribution in [0.15, 0.2) is 0 Å². The summed E-state index contributed by atoms with van der Waals surface area (Å²) in [6.45, 7) is 14.0. The summed E-state index contributed by atoms with van der Waals surface area (Å²) < 4.78 is 0. The predicted molar refractivity (Wildman–Crippen MR) is 75.4 cm³/mol. The fraction of sp³-hybridized carbons (Fsp3) is 1.00. The normalized spacial score (nSPS) is 28.2. The fourth-order valence-electron chi connectivity index (χ4n) is 2.59. The molecule has 0 radical (unpaired) electrons. The van der Waals surface area contributed by atoms with Gasteiger partial charge in [-0.2, -0.15) is 0 Å². The van der Waals surface area contributed by atoms with Gasteiger partial charge in [0.05, 0.1) is 0 Å². The topological polar surface area (TPSA) is 18.5 Å². The molecule has 0 aromatic heterocycles. The highest BCUT2D eigenvalue weighted by atomic mass is 15.2. The molecular weight excluding hydrogens is 210 g/mol. The molecule has 3 nitrogen and oxygen atoms in total. The van der Waals surface area contributed by atoms with E-state index in [9.17, 15) is 0 Å². The quantitative estimate of drug-likeness (QED) is 0.760. The summed E-state index contributed by atoms with van der Waals surface area (Å²) in [5, 5.41) is 3.61. The van der Waals surface area contributed by atoms with Crippen molar-refractivity contribution in [3.8, 4) is 0 Å². The summed E-state index contributed by atoms with van der Waals surface area (Å²) in [5.74, 6) is 1.52. The summed E-state index contributed by atoms with van der Waals surface area (Å²) >= 11 is 0. The van der Waals surface area contributed by atoms with Gasteiger partial charge >= 0.3 is 0 Å². The third-order valence-electron chi connectivity index (χ3n) is 4.21. The van der Waals surface area contributed by atoms with Crippen molar-refractivity contribution in [2.75, 3.05) is 40.3 Å². The maximum Gasteiger partial charge on any atom is 0.0254 e. The number of nitrogens with one attached hydrogen (secondary N) is 1. The number of rotatable bonds is 6. The number of hydrogen-bond donors (Lipinski definition) is 1. The van der Waals surface area contributed by atoms with E-state index in [-0.39, 0.29) is 0 Å². The second-order valence-corrected chi connectivity index (χ2v) is 6.25. The Morgan fingerprint density at radius 1 is 1.24 bits per heavy atom. The largest absolute Gasteiger partial charge is 0.313 e. The summed E-state index contributed by atoms with van der Waals surface area (Å²) in [4.78, 5) is 4.96. The van der Waals surface area contributed by atoms with Crippen LogP contribution in [-0.4, -0.2) is 62.2 Å². The van der Waals surface area contributed by atoms with Crippen LogP contribution in [0.5, 0.6) is 0 Å². The first-order valence-electron chi connectivity index (χ1n) is 7.04. The zero-order valence-electron chi connectivity index (χ0n) is 12.5. The van der Waals surface area contributed by atoms with Gasteiger partial charge < -0.3 is 15.1 Å². The first-order chi connectivity index (χ1) is 7.91. The highest BCUT2D eigenvalue weighted by Gasteiger charge is 2.30. The Labute approximate surface area is 108 Å². The van der Waals surface area contributed by atoms with Crippen LogP contribution >= 0.6 is 0 Å². The smallest absolute Gasteiger partial charge is 0.0254 e. The summed E-state index contributed by atoms with van der Waals surface area (Å²) in [6, 6.07) is 1.36. The van der Waals surface area contributed by atoms with Gasteiger partial charge in [0.1, 0.15) is 0 Å². The average molecular weight is 241 g/mol. The Morgan fingerprint density at radius 2 is 1.88 bits per heavy atom. The molecular formula is C14H31N3. The van der Waals surface area contributed by atoms with Crippen molar-refractivity contribution >= 4 is 0 Å². The Kier molecular flexibility index (Phi) is 5.90. The Balaban J connectivity index is 2.22. The third-order valence-corrected chi connectivity index (χ3v) is 4.21. The van der Waals surface area contributed by atoms with Gasteiger partial charge in [-0.15, -0.1) is 0 Å². The first-order valence-corrected chi connectivity index (χ1v) is 7.04. The predicted octanol–water partition coefficient (Wildman–Crippen LogP) is 1.50. The van der Waals surface area contributed by atoms with Crippen LogP contribution in [0, 0.1) is 11.8 Å². The molecule has 1 rings (SSSR count). The molecule has 0 amide bonds. The van der Waals surface area contributed by atoms with Gasteiger partial charge in [0.15, 0.2) is 0 Å². The molecule has 1 saturated heterocycles. The van der Waals surface area contributed by atoms with Crippen LogP contribution in [0.4, 0.5) is 0 Å². The van der Waals surface area contributed by atoms with Crippen molar-refractivity contribution in [2.24, 2.45) is 11.8 Å². The van der Waals surface area contributed by atoms with Crippen LogP contribution in [0.2, 0.25) is 0 Å². The Bertz CT molecular complexity index is 216. The van der Waals surface area contributed by atoms with E-state index >= 15 is 0 Å². The molecule has 0 aromatic rings. The second-order valence-electron chi connectivity index (χ2n) is 6.25. The highest BCUT2D eigenvalue weighted by molar-refractivity contribution is 4.86. The van der Waals surface area contributed by atoms with Gasteiger partial charge in [-0.3, -0.25) is 0 Å². The standard InChI is InChI=1S/C14H31N3/c1-11(2)13(4)15-7-8-17-9-12(3)14(10-17)16(5)6/h11-15H,7-10H2,1-6H3. The molecule has 1 fully saturated rings. The molecule has 0 bridgehead atoms. The second kappa shape index (κ2) is 6.72. The molecule has 17 heavy (non-hydrogen) atoms. The maximum absolute atomic E-state index is 3.61. The van der Waals surface area contributed by atoms with Crippen LogP contribution in [0.1, 0.15) is 27.7 Å². The van der Waals surface area contributed by atoms with Gasteiger partial charge in [0.25, 0.3) is 0 Å². The lowest BCUT2D eigenvalue weighted by atomic mass is 10.1. The van der Waals surface area contributed by atoms with Crippen molar-refractivity contribution in [1.29, 1.82) is 0 Å².